The topological polar surface area (TPSA) is 73.8 Å². The van der Waals surface area contributed by atoms with Gasteiger partial charge >= 0.3 is 0 Å². The molecule has 2 aromatic heterocycles. The normalized spacial score (nSPS) is 10.4. The van der Waals surface area contributed by atoms with Crippen molar-refractivity contribution in [3.05, 3.63) is 40.7 Å². The Morgan fingerprint density at radius 3 is 3.00 bits per heavy atom. The van der Waals surface area contributed by atoms with Gasteiger partial charge in [0.2, 0.25) is 11.8 Å². The van der Waals surface area contributed by atoms with Crippen LogP contribution in [0.1, 0.15) is 11.8 Å². The van der Waals surface area contributed by atoms with Crippen molar-refractivity contribution in [3.63, 3.8) is 0 Å². The third kappa shape index (κ3) is 1.68. The molecule has 6 heteroatoms. The molecule has 0 fully saturated rings. The van der Waals surface area contributed by atoms with Crippen molar-refractivity contribution in [3.8, 4) is 0 Å². The van der Waals surface area contributed by atoms with Crippen molar-refractivity contribution in [2.75, 3.05) is 0 Å². The Bertz CT molecular complexity index is 488. The fraction of sp³-hybridized carbons (Fsp3) is 0.250. The maximum absolute atomic E-state index is 11.3. The molecular weight excluding hydrogens is 184 g/mol. The van der Waals surface area contributed by atoms with Crippen molar-refractivity contribution >= 4 is 0 Å². The van der Waals surface area contributed by atoms with Crippen LogP contribution >= 0.6 is 0 Å². The van der Waals surface area contributed by atoms with Crippen LogP contribution in [0.4, 0.5) is 0 Å². The van der Waals surface area contributed by atoms with Crippen LogP contribution in [0, 0.1) is 6.92 Å². The van der Waals surface area contributed by atoms with Gasteiger partial charge in [-0.25, -0.2) is 4.98 Å². The van der Waals surface area contributed by atoms with Crippen LogP contribution in [0.15, 0.2) is 27.8 Å². The van der Waals surface area contributed by atoms with Gasteiger partial charge in [-0.05, 0) is 0 Å². The van der Waals surface area contributed by atoms with E-state index in [1.165, 1.54) is 23.2 Å². The van der Waals surface area contributed by atoms with Crippen molar-refractivity contribution in [2.45, 2.75) is 13.5 Å². The lowest BCUT2D eigenvalue weighted by atomic mass is 10.5. The fourth-order valence-corrected chi connectivity index (χ4v) is 1.04. The molecule has 0 aliphatic carbocycles. The van der Waals surface area contributed by atoms with Crippen LogP contribution in [0.5, 0.6) is 0 Å². The highest BCUT2D eigenvalue weighted by atomic mass is 16.4. The lowest BCUT2D eigenvalue weighted by Crippen LogP contribution is -2.19. The molecule has 6 nitrogen and oxygen atoms in total. The minimum absolute atomic E-state index is 0.143. The molecule has 0 spiro atoms. The first kappa shape index (κ1) is 8.61. The SMILES string of the molecule is Cc1nnc(Cn2cnccc2=O)o1. The fourth-order valence-electron chi connectivity index (χ4n) is 1.04. The Hall–Kier alpha value is -1.98. The van der Waals surface area contributed by atoms with Gasteiger partial charge < -0.3 is 4.42 Å². The molecule has 0 bridgehead atoms. The van der Waals surface area contributed by atoms with Gasteiger partial charge in [0.25, 0.3) is 5.56 Å². The summed E-state index contributed by atoms with van der Waals surface area (Å²) < 4.78 is 6.53. The summed E-state index contributed by atoms with van der Waals surface area (Å²) >= 11 is 0. The number of aryl methyl sites for hydroxylation is 1. The first-order chi connectivity index (χ1) is 6.75. The summed E-state index contributed by atoms with van der Waals surface area (Å²) in [6.45, 7) is 1.95. The van der Waals surface area contributed by atoms with E-state index in [0.717, 1.165) is 0 Å². The molecule has 2 heterocycles. The van der Waals surface area contributed by atoms with E-state index in [4.69, 9.17) is 4.42 Å². The Kier molecular flexibility index (Phi) is 2.10. The first-order valence-corrected chi connectivity index (χ1v) is 4.05. The van der Waals surface area contributed by atoms with Crippen molar-refractivity contribution < 1.29 is 4.42 Å². The first-order valence-electron chi connectivity index (χ1n) is 4.05. The van der Waals surface area contributed by atoms with Crippen LogP contribution in [-0.2, 0) is 6.54 Å². The van der Waals surface area contributed by atoms with Crippen LogP contribution in [0.2, 0.25) is 0 Å². The van der Waals surface area contributed by atoms with Crippen molar-refractivity contribution in [1.29, 1.82) is 0 Å². The Morgan fingerprint density at radius 2 is 2.36 bits per heavy atom. The maximum atomic E-state index is 11.3. The van der Waals surface area contributed by atoms with E-state index < -0.39 is 0 Å². The summed E-state index contributed by atoms with van der Waals surface area (Å²) in [7, 11) is 0. The number of hydrogen-bond acceptors (Lipinski definition) is 5. The predicted octanol–water partition coefficient (Wildman–Crippen LogP) is -0.0170. The quantitative estimate of drug-likeness (QED) is 0.668. The van der Waals surface area contributed by atoms with Crippen LogP contribution in [0.3, 0.4) is 0 Å². The molecule has 0 atom stereocenters. The van der Waals surface area contributed by atoms with Crippen LogP contribution < -0.4 is 5.56 Å². The summed E-state index contributed by atoms with van der Waals surface area (Å²) in [5.74, 6) is 0.884. The molecule has 0 unspecified atom stereocenters. The molecule has 0 radical (unpaired) electrons. The average molecular weight is 192 g/mol. The number of hydrogen-bond donors (Lipinski definition) is 0. The standard InChI is InChI=1S/C8H8N4O2/c1-6-10-11-7(14-6)4-12-5-9-3-2-8(12)13/h2-3,5H,4H2,1H3. The molecule has 72 valence electrons. The second-order valence-electron chi connectivity index (χ2n) is 2.76. The molecule has 0 aliphatic heterocycles. The Labute approximate surface area is 79.2 Å². The molecule has 0 saturated heterocycles. The highest BCUT2D eigenvalue weighted by Gasteiger charge is 2.03. The van der Waals surface area contributed by atoms with Gasteiger partial charge in [0, 0.05) is 19.2 Å². The van der Waals surface area contributed by atoms with Gasteiger partial charge in [0.15, 0.2) is 0 Å². The summed E-state index contributed by atoms with van der Waals surface area (Å²) in [4.78, 5) is 15.1. The second-order valence-corrected chi connectivity index (χ2v) is 2.76. The van der Waals surface area contributed by atoms with Crippen LogP contribution in [-0.4, -0.2) is 19.7 Å². The molecule has 0 aromatic carbocycles. The predicted molar refractivity (Wildman–Crippen MR) is 46.6 cm³/mol. The smallest absolute Gasteiger partial charge is 0.253 e. The van der Waals surface area contributed by atoms with Gasteiger partial charge in [0.05, 0.1) is 6.33 Å². The van der Waals surface area contributed by atoms with Gasteiger partial charge in [-0.2, -0.15) is 0 Å². The molecular formula is C8H8N4O2. The van der Waals surface area contributed by atoms with Gasteiger partial charge in [-0.3, -0.25) is 9.36 Å². The van der Waals surface area contributed by atoms with Crippen molar-refractivity contribution in [2.24, 2.45) is 0 Å². The molecule has 2 rings (SSSR count). The third-order valence-corrected chi connectivity index (χ3v) is 1.67. The van der Waals surface area contributed by atoms with E-state index in [1.54, 1.807) is 6.92 Å². The Balaban J connectivity index is 2.27. The van der Waals surface area contributed by atoms with E-state index in [1.807, 2.05) is 0 Å². The molecule has 0 aliphatic rings. The highest BCUT2D eigenvalue weighted by Crippen LogP contribution is 1.98. The van der Waals surface area contributed by atoms with E-state index in [9.17, 15) is 4.79 Å². The summed E-state index contributed by atoms with van der Waals surface area (Å²) in [6.07, 6.45) is 2.87. The minimum atomic E-state index is -0.143. The van der Waals surface area contributed by atoms with Crippen molar-refractivity contribution in [1.82, 2.24) is 19.7 Å². The zero-order valence-electron chi connectivity index (χ0n) is 7.54. The Morgan fingerprint density at radius 1 is 1.50 bits per heavy atom. The van der Waals surface area contributed by atoms with E-state index in [0.29, 0.717) is 11.8 Å². The monoisotopic (exact) mass is 192 g/mol. The van der Waals surface area contributed by atoms with Gasteiger partial charge in [0.1, 0.15) is 6.54 Å². The molecule has 0 saturated carbocycles. The number of aromatic nitrogens is 4. The maximum Gasteiger partial charge on any atom is 0.253 e. The summed E-state index contributed by atoms with van der Waals surface area (Å²) in [6, 6.07) is 1.38. The summed E-state index contributed by atoms with van der Waals surface area (Å²) in [5.41, 5.74) is -0.143. The lowest BCUT2D eigenvalue weighted by molar-refractivity contribution is 0.450. The number of rotatable bonds is 2. The average Bonchev–Trinajstić information content (AvgIpc) is 2.56. The number of nitrogens with zero attached hydrogens (tertiary/aromatic N) is 4. The third-order valence-electron chi connectivity index (χ3n) is 1.67. The lowest BCUT2D eigenvalue weighted by Gasteiger charge is -1.98. The largest absolute Gasteiger partial charge is 0.424 e. The van der Waals surface area contributed by atoms with Gasteiger partial charge in [-0.15, -0.1) is 10.2 Å². The minimum Gasteiger partial charge on any atom is -0.424 e. The van der Waals surface area contributed by atoms with Gasteiger partial charge in [-0.1, -0.05) is 0 Å². The molecule has 0 N–H and O–H groups in total. The summed E-state index contributed by atoms with van der Waals surface area (Å²) in [5, 5.41) is 7.44. The second kappa shape index (κ2) is 3.41. The molecule has 2 aromatic rings. The van der Waals surface area contributed by atoms with E-state index in [-0.39, 0.29) is 12.1 Å². The van der Waals surface area contributed by atoms with E-state index in [2.05, 4.69) is 15.2 Å². The van der Waals surface area contributed by atoms with E-state index >= 15 is 0 Å². The molecule has 0 amide bonds. The highest BCUT2D eigenvalue weighted by molar-refractivity contribution is 4.87. The zero-order valence-corrected chi connectivity index (χ0v) is 7.54. The van der Waals surface area contributed by atoms with Crippen LogP contribution in [0.25, 0.3) is 0 Å². The molecule has 14 heavy (non-hydrogen) atoms. The zero-order chi connectivity index (χ0) is 9.97.